The number of nitrogens with one attached hydrogen (secondary N) is 1. The fourth-order valence-corrected chi connectivity index (χ4v) is 2.30. The number of fused-ring (bicyclic) bond motifs is 2. The zero-order valence-corrected chi connectivity index (χ0v) is 7.19. The first kappa shape index (κ1) is 8.29. The van der Waals surface area contributed by atoms with E-state index in [1.54, 1.807) is 0 Å². The van der Waals surface area contributed by atoms with Crippen LogP contribution in [0.3, 0.4) is 0 Å². The summed E-state index contributed by atoms with van der Waals surface area (Å²) >= 11 is 0. The van der Waals surface area contributed by atoms with E-state index in [1.165, 1.54) is 0 Å². The fourth-order valence-electron chi connectivity index (χ4n) is 2.30. The Labute approximate surface area is 76.2 Å². The smallest absolute Gasteiger partial charge is 0.318 e. The normalized spacial score (nSPS) is 34.9. The summed E-state index contributed by atoms with van der Waals surface area (Å²) in [7, 11) is 0. The summed E-state index contributed by atoms with van der Waals surface area (Å²) in [5.41, 5.74) is 4.87. The maximum Gasteiger partial charge on any atom is 0.318 e. The number of hydrogen-bond acceptors (Lipinski definition) is 2. The molecular formula is C9H12N2O2. The van der Waals surface area contributed by atoms with Crippen molar-refractivity contribution in [3.63, 3.8) is 0 Å². The molecule has 70 valence electrons. The van der Waals surface area contributed by atoms with Gasteiger partial charge in [-0.1, -0.05) is 12.2 Å². The number of nitrogens with two attached hydrogens (primary N) is 1. The minimum atomic E-state index is -0.753. The number of urea groups is 1. The first-order valence-electron chi connectivity index (χ1n) is 4.45. The molecule has 0 radical (unpaired) electrons. The van der Waals surface area contributed by atoms with Crippen LogP contribution < -0.4 is 11.1 Å². The van der Waals surface area contributed by atoms with Gasteiger partial charge in [0, 0.05) is 5.92 Å². The monoisotopic (exact) mass is 180 g/mol. The molecule has 0 spiro atoms. The molecule has 1 saturated carbocycles. The van der Waals surface area contributed by atoms with Crippen molar-refractivity contribution < 1.29 is 9.59 Å². The summed E-state index contributed by atoms with van der Waals surface area (Å²) in [5, 5.41) is 2.14. The Morgan fingerprint density at radius 1 is 1.31 bits per heavy atom. The summed E-state index contributed by atoms with van der Waals surface area (Å²) < 4.78 is 0. The van der Waals surface area contributed by atoms with Crippen LogP contribution in [0.5, 0.6) is 0 Å². The molecule has 0 unspecified atom stereocenters. The van der Waals surface area contributed by atoms with Gasteiger partial charge in [-0.15, -0.1) is 0 Å². The lowest BCUT2D eigenvalue weighted by Gasteiger charge is -2.15. The number of rotatable bonds is 1. The molecule has 0 aliphatic heterocycles. The van der Waals surface area contributed by atoms with Gasteiger partial charge in [-0.2, -0.15) is 0 Å². The molecule has 3 N–H and O–H groups in total. The van der Waals surface area contributed by atoms with Gasteiger partial charge in [-0.05, 0) is 24.7 Å². The molecule has 4 nitrogen and oxygen atoms in total. The molecule has 2 bridgehead atoms. The maximum absolute atomic E-state index is 11.4. The topological polar surface area (TPSA) is 72.2 Å². The van der Waals surface area contributed by atoms with Crippen molar-refractivity contribution in [1.82, 2.24) is 5.32 Å². The van der Waals surface area contributed by atoms with Crippen molar-refractivity contribution in [3.8, 4) is 0 Å². The molecule has 2 aliphatic rings. The zero-order valence-electron chi connectivity index (χ0n) is 7.19. The molecule has 0 heterocycles. The fraction of sp³-hybridized carbons (Fsp3) is 0.556. The van der Waals surface area contributed by atoms with Crippen molar-refractivity contribution in [3.05, 3.63) is 12.2 Å². The van der Waals surface area contributed by atoms with Crippen molar-refractivity contribution in [2.45, 2.75) is 12.8 Å². The number of primary amides is 1. The molecule has 2 aliphatic carbocycles. The van der Waals surface area contributed by atoms with Crippen molar-refractivity contribution in [1.29, 1.82) is 0 Å². The van der Waals surface area contributed by atoms with Crippen LogP contribution in [0.25, 0.3) is 0 Å². The first-order chi connectivity index (χ1) is 6.16. The predicted octanol–water partition coefficient (Wildman–Crippen LogP) is 0.393. The highest BCUT2D eigenvalue weighted by Gasteiger charge is 2.39. The maximum atomic E-state index is 11.4. The molecule has 4 heteroatoms. The molecule has 13 heavy (non-hydrogen) atoms. The van der Waals surface area contributed by atoms with E-state index in [9.17, 15) is 9.59 Å². The highest BCUT2D eigenvalue weighted by atomic mass is 16.2. The van der Waals surface area contributed by atoms with Crippen LogP contribution in [0.4, 0.5) is 4.79 Å². The van der Waals surface area contributed by atoms with Crippen LogP contribution in [0.2, 0.25) is 0 Å². The second-order valence-corrected chi connectivity index (χ2v) is 3.74. The highest BCUT2D eigenvalue weighted by Crippen LogP contribution is 2.43. The van der Waals surface area contributed by atoms with Gasteiger partial charge in [0.15, 0.2) is 0 Å². The molecular weight excluding hydrogens is 168 g/mol. The van der Waals surface area contributed by atoms with Crippen LogP contribution in [0.1, 0.15) is 12.8 Å². The summed E-state index contributed by atoms with van der Waals surface area (Å²) in [6.45, 7) is 0. The minimum Gasteiger partial charge on any atom is -0.351 e. The van der Waals surface area contributed by atoms with Gasteiger partial charge in [0.25, 0.3) is 0 Å². The molecule has 1 fully saturated rings. The van der Waals surface area contributed by atoms with Gasteiger partial charge in [-0.3, -0.25) is 10.1 Å². The largest absolute Gasteiger partial charge is 0.351 e. The molecule has 3 atom stereocenters. The summed E-state index contributed by atoms with van der Waals surface area (Å²) in [6.07, 6.45) is 6.13. The average molecular weight is 180 g/mol. The molecule has 0 aromatic heterocycles. The minimum absolute atomic E-state index is 0.0394. The Balaban J connectivity index is 1.99. The van der Waals surface area contributed by atoms with Crippen molar-refractivity contribution in [2.24, 2.45) is 23.5 Å². The van der Waals surface area contributed by atoms with Gasteiger partial charge in [0.1, 0.15) is 0 Å². The van der Waals surface area contributed by atoms with Crippen LogP contribution in [0.15, 0.2) is 12.2 Å². The van der Waals surface area contributed by atoms with E-state index in [1.807, 2.05) is 0 Å². The third kappa shape index (κ3) is 1.43. The Hall–Kier alpha value is -1.32. The molecule has 2 rings (SSSR count). The Bertz CT molecular complexity index is 285. The van der Waals surface area contributed by atoms with E-state index >= 15 is 0 Å². The summed E-state index contributed by atoms with van der Waals surface area (Å²) in [4.78, 5) is 21.8. The second kappa shape index (κ2) is 2.87. The number of carbonyl (C=O) groups is 2. The molecule has 0 aromatic carbocycles. The number of amides is 3. The molecule has 3 amide bonds. The van der Waals surface area contributed by atoms with Crippen LogP contribution >= 0.6 is 0 Å². The van der Waals surface area contributed by atoms with Crippen LogP contribution in [-0.2, 0) is 4.79 Å². The lowest BCUT2D eigenvalue weighted by molar-refractivity contribution is -0.124. The number of imide groups is 1. The van der Waals surface area contributed by atoms with Gasteiger partial charge in [0.2, 0.25) is 5.91 Å². The Morgan fingerprint density at radius 2 is 2.08 bits per heavy atom. The third-order valence-corrected chi connectivity index (χ3v) is 2.86. The number of allylic oxidation sites excluding steroid dienone is 2. The Morgan fingerprint density at radius 3 is 2.54 bits per heavy atom. The van der Waals surface area contributed by atoms with Crippen LogP contribution in [0, 0.1) is 17.8 Å². The van der Waals surface area contributed by atoms with Gasteiger partial charge >= 0.3 is 6.03 Å². The van der Waals surface area contributed by atoms with Gasteiger partial charge < -0.3 is 5.73 Å². The number of hydrogen-bond donors (Lipinski definition) is 2. The van der Waals surface area contributed by atoms with E-state index in [0.29, 0.717) is 11.8 Å². The zero-order chi connectivity index (χ0) is 9.42. The number of carbonyl (C=O) groups excluding carboxylic acids is 2. The van der Waals surface area contributed by atoms with E-state index in [4.69, 9.17) is 5.73 Å². The lowest BCUT2D eigenvalue weighted by atomic mass is 9.93. The standard InChI is InChI=1S/C9H12N2O2/c10-9(13)11-8(12)7-4-5-1-2-6(7)3-5/h1-2,5-7H,3-4H2,(H3,10,11,12,13)/t5-,6+,7+/m1/s1. The summed E-state index contributed by atoms with van der Waals surface area (Å²) in [5.74, 6) is 0.602. The molecule has 0 aromatic rings. The Kier molecular flexibility index (Phi) is 1.83. The van der Waals surface area contributed by atoms with E-state index in [2.05, 4.69) is 17.5 Å². The predicted molar refractivity (Wildman–Crippen MR) is 46.6 cm³/mol. The van der Waals surface area contributed by atoms with E-state index in [-0.39, 0.29) is 11.8 Å². The first-order valence-corrected chi connectivity index (χ1v) is 4.45. The van der Waals surface area contributed by atoms with E-state index in [0.717, 1.165) is 12.8 Å². The lowest BCUT2D eigenvalue weighted by Crippen LogP contribution is -2.40. The van der Waals surface area contributed by atoms with Crippen LogP contribution in [-0.4, -0.2) is 11.9 Å². The van der Waals surface area contributed by atoms with Crippen molar-refractivity contribution >= 4 is 11.9 Å². The van der Waals surface area contributed by atoms with Gasteiger partial charge in [-0.25, -0.2) is 4.79 Å². The second-order valence-electron chi connectivity index (χ2n) is 3.74. The quantitative estimate of drug-likeness (QED) is 0.573. The third-order valence-electron chi connectivity index (χ3n) is 2.86. The van der Waals surface area contributed by atoms with Crippen molar-refractivity contribution in [2.75, 3.05) is 0 Å². The highest BCUT2D eigenvalue weighted by molar-refractivity contribution is 5.95. The average Bonchev–Trinajstić information content (AvgIpc) is 2.62. The van der Waals surface area contributed by atoms with E-state index < -0.39 is 6.03 Å². The summed E-state index contributed by atoms with van der Waals surface area (Å²) in [6, 6.07) is -0.753. The SMILES string of the molecule is NC(=O)NC(=O)[C@H]1C[C@@H]2C=C[C@H]1C2. The molecule has 0 saturated heterocycles. The van der Waals surface area contributed by atoms with Gasteiger partial charge in [0.05, 0.1) is 0 Å².